The molecular weight excluding hydrogens is 532 g/mol. The molecule has 0 fully saturated rings. The van der Waals surface area contributed by atoms with E-state index in [0.717, 1.165) is 5.69 Å². The molecule has 0 saturated carbocycles. The molecule has 0 radical (unpaired) electrons. The van der Waals surface area contributed by atoms with Crippen LogP contribution in [-0.4, -0.2) is 43.2 Å². The second-order valence-electron chi connectivity index (χ2n) is 8.77. The molecule has 2 amide bonds. The number of nitrogens with zero attached hydrogens (tertiary/aromatic N) is 2. The monoisotopic (exact) mass is 556 g/mol. The number of carboxylic acids is 1. The average Bonchev–Trinajstić information content (AvgIpc) is 3.42. The Labute approximate surface area is 235 Å². The molecule has 4 rings (SSSR count). The maximum atomic E-state index is 13.1. The molecule has 40 heavy (non-hydrogen) atoms. The van der Waals surface area contributed by atoms with Crippen LogP contribution < -0.4 is 15.6 Å². The van der Waals surface area contributed by atoms with Crippen molar-refractivity contribution in [3.63, 3.8) is 0 Å². The molecule has 3 aromatic carbocycles. The summed E-state index contributed by atoms with van der Waals surface area (Å²) in [6.07, 6.45) is 2.82. The van der Waals surface area contributed by atoms with E-state index in [2.05, 4.69) is 15.8 Å². The number of carbonyl (C=O) groups excluding carboxylic acids is 2. The number of hydrazone groups is 1. The number of anilines is 1. The van der Waals surface area contributed by atoms with E-state index in [-0.39, 0.29) is 21.8 Å². The number of benzene rings is 3. The Morgan fingerprint density at radius 3 is 2.40 bits per heavy atom. The van der Waals surface area contributed by atoms with Crippen molar-refractivity contribution in [2.24, 2.45) is 5.10 Å². The number of rotatable bonds is 9. The molecule has 0 unspecified atom stereocenters. The van der Waals surface area contributed by atoms with Gasteiger partial charge in [-0.15, -0.1) is 0 Å². The smallest absolute Gasteiger partial charge is 0.335 e. The van der Waals surface area contributed by atoms with Crippen LogP contribution in [0.1, 0.15) is 32.0 Å². The van der Waals surface area contributed by atoms with Crippen LogP contribution in [0.5, 0.6) is 0 Å². The summed E-state index contributed by atoms with van der Waals surface area (Å²) >= 11 is 6.16. The molecule has 0 saturated heterocycles. The van der Waals surface area contributed by atoms with Gasteiger partial charge in [0.1, 0.15) is 17.2 Å². The highest BCUT2D eigenvalue weighted by atomic mass is 35.5. The van der Waals surface area contributed by atoms with Crippen molar-refractivity contribution in [1.29, 1.82) is 0 Å². The largest absolute Gasteiger partial charge is 0.478 e. The minimum Gasteiger partial charge on any atom is -0.478 e. The Hall–Kier alpha value is -5.15. The zero-order valence-electron chi connectivity index (χ0n) is 21.6. The SMILES string of the molecule is CN(C)c1ccc(/C=C(/NC(=O)c2ccccc2Cl)C(=O)N/N=C\c2ccc(-c3cccc(C(=O)O)c3)o2)cc1. The van der Waals surface area contributed by atoms with Gasteiger partial charge in [-0.05, 0) is 60.2 Å². The van der Waals surface area contributed by atoms with Crippen LogP contribution in [0.2, 0.25) is 5.02 Å². The summed E-state index contributed by atoms with van der Waals surface area (Å²) < 4.78 is 5.71. The molecule has 9 nitrogen and oxygen atoms in total. The third-order valence-corrected chi connectivity index (χ3v) is 6.04. The maximum Gasteiger partial charge on any atom is 0.335 e. The summed E-state index contributed by atoms with van der Waals surface area (Å²) in [7, 11) is 3.83. The van der Waals surface area contributed by atoms with E-state index in [9.17, 15) is 19.5 Å². The third kappa shape index (κ3) is 7.03. The number of carboxylic acid groups (broad SMARTS) is 1. The summed E-state index contributed by atoms with van der Waals surface area (Å²) in [5, 5.41) is 16.0. The van der Waals surface area contributed by atoms with Gasteiger partial charge >= 0.3 is 5.97 Å². The zero-order chi connectivity index (χ0) is 28.6. The van der Waals surface area contributed by atoms with Crippen LogP contribution in [-0.2, 0) is 4.79 Å². The fourth-order valence-electron chi connectivity index (χ4n) is 3.63. The van der Waals surface area contributed by atoms with Crippen LogP contribution in [0.3, 0.4) is 0 Å². The molecule has 1 aromatic heterocycles. The second kappa shape index (κ2) is 12.6. The van der Waals surface area contributed by atoms with Gasteiger partial charge in [-0.2, -0.15) is 5.10 Å². The average molecular weight is 557 g/mol. The second-order valence-corrected chi connectivity index (χ2v) is 9.17. The van der Waals surface area contributed by atoms with E-state index in [1.54, 1.807) is 48.5 Å². The number of hydrogen-bond donors (Lipinski definition) is 3. The predicted molar refractivity (Wildman–Crippen MR) is 155 cm³/mol. The summed E-state index contributed by atoms with van der Waals surface area (Å²) in [6, 6.07) is 23.5. The topological polar surface area (TPSA) is 124 Å². The van der Waals surface area contributed by atoms with Crippen molar-refractivity contribution < 1.29 is 23.9 Å². The summed E-state index contributed by atoms with van der Waals surface area (Å²) in [5.74, 6) is -1.52. The first-order valence-corrected chi connectivity index (χ1v) is 12.4. The van der Waals surface area contributed by atoms with Crippen molar-refractivity contribution in [1.82, 2.24) is 10.7 Å². The number of aromatic carboxylic acids is 1. The van der Waals surface area contributed by atoms with Crippen molar-refractivity contribution in [2.45, 2.75) is 0 Å². The van der Waals surface area contributed by atoms with Gasteiger partial charge in [-0.3, -0.25) is 9.59 Å². The predicted octanol–water partition coefficient (Wildman–Crippen LogP) is 5.29. The van der Waals surface area contributed by atoms with Crippen LogP contribution in [0, 0.1) is 0 Å². The van der Waals surface area contributed by atoms with Crippen molar-refractivity contribution in [3.8, 4) is 11.3 Å². The minimum atomic E-state index is -1.04. The Bertz CT molecular complexity index is 1610. The van der Waals surface area contributed by atoms with Crippen molar-refractivity contribution in [3.05, 3.63) is 118 Å². The van der Waals surface area contributed by atoms with Gasteiger partial charge in [-0.1, -0.05) is 48.0 Å². The lowest BCUT2D eigenvalue weighted by Crippen LogP contribution is -2.33. The van der Waals surface area contributed by atoms with Gasteiger partial charge in [0.25, 0.3) is 11.8 Å². The van der Waals surface area contributed by atoms with Crippen molar-refractivity contribution in [2.75, 3.05) is 19.0 Å². The molecule has 0 atom stereocenters. The lowest BCUT2D eigenvalue weighted by molar-refractivity contribution is -0.117. The highest BCUT2D eigenvalue weighted by molar-refractivity contribution is 6.34. The van der Waals surface area contributed by atoms with E-state index in [4.69, 9.17) is 16.0 Å². The molecule has 0 aliphatic rings. The molecule has 0 bridgehead atoms. The van der Waals surface area contributed by atoms with Gasteiger partial charge in [-0.25, -0.2) is 10.2 Å². The van der Waals surface area contributed by atoms with Crippen LogP contribution in [0.4, 0.5) is 5.69 Å². The minimum absolute atomic E-state index is 0.0507. The number of nitrogens with one attached hydrogen (secondary N) is 2. The van der Waals surface area contributed by atoms with Crippen molar-refractivity contribution >= 4 is 47.4 Å². The highest BCUT2D eigenvalue weighted by Gasteiger charge is 2.16. The van der Waals surface area contributed by atoms with E-state index in [1.807, 2.05) is 43.3 Å². The van der Waals surface area contributed by atoms with Gasteiger partial charge < -0.3 is 19.7 Å². The molecule has 1 heterocycles. The Balaban J connectivity index is 1.52. The molecule has 202 valence electrons. The Morgan fingerprint density at radius 1 is 0.950 bits per heavy atom. The van der Waals surface area contributed by atoms with E-state index >= 15 is 0 Å². The first-order chi connectivity index (χ1) is 19.2. The van der Waals surface area contributed by atoms with Crippen LogP contribution in [0.15, 0.2) is 100 Å². The van der Waals surface area contributed by atoms with Gasteiger partial charge in [0.2, 0.25) is 0 Å². The normalized spacial score (nSPS) is 11.3. The zero-order valence-corrected chi connectivity index (χ0v) is 22.3. The third-order valence-electron chi connectivity index (χ3n) is 5.71. The fourth-order valence-corrected chi connectivity index (χ4v) is 3.85. The highest BCUT2D eigenvalue weighted by Crippen LogP contribution is 2.23. The Kier molecular flexibility index (Phi) is 8.78. The van der Waals surface area contributed by atoms with Crippen LogP contribution >= 0.6 is 11.6 Å². The number of furan rings is 1. The Morgan fingerprint density at radius 2 is 1.70 bits per heavy atom. The number of halogens is 1. The molecule has 3 N–H and O–H groups in total. The number of hydrogen-bond acceptors (Lipinski definition) is 6. The van der Waals surface area contributed by atoms with E-state index in [1.165, 1.54) is 24.4 Å². The molecule has 0 spiro atoms. The lowest BCUT2D eigenvalue weighted by Gasteiger charge is -2.13. The fraction of sp³-hybridized carbons (Fsp3) is 0.0667. The number of amides is 2. The maximum absolute atomic E-state index is 13.1. The quantitative estimate of drug-likeness (QED) is 0.146. The summed E-state index contributed by atoms with van der Waals surface area (Å²) in [5.41, 5.74) is 4.92. The van der Waals surface area contributed by atoms with Gasteiger partial charge in [0.05, 0.1) is 22.4 Å². The molecular formula is C30H25ClN4O5. The van der Waals surface area contributed by atoms with Gasteiger partial charge in [0.15, 0.2) is 0 Å². The summed E-state index contributed by atoms with van der Waals surface area (Å²) in [6.45, 7) is 0. The standard InChI is InChI=1S/C30H25ClN4O5/c1-35(2)22-12-10-19(11-13-22)16-26(33-28(36)24-8-3-4-9-25(24)31)29(37)34-32-18-23-14-15-27(40-23)20-6-5-7-21(17-20)30(38)39/h3-18H,1-2H3,(H,33,36)(H,34,37)(H,38,39)/b26-16+,32-18-. The molecule has 0 aliphatic carbocycles. The molecule has 10 heteroatoms. The number of carbonyl (C=O) groups is 3. The van der Waals surface area contributed by atoms with Crippen LogP contribution in [0.25, 0.3) is 17.4 Å². The van der Waals surface area contributed by atoms with Gasteiger partial charge in [0, 0.05) is 25.3 Å². The van der Waals surface area contributed by atoms with E-state index in [0.29, 0.717) is 22.6 Å². The summed E-state index contributed by atoms with van der Waals surface area (Å²) in [4.78, 5) is 39.1. The first-order valence-electron chi connectivity index (χ1n) is 12.0. The molecule has 0 aliphatic heterocycles. The van der Waals surface area contributed by atoms with E-state index < -0.39 is 17.8 Å². The lowest BCUT2D eigenvalue weighted by atomic mass is 10.1. The first kappa shape index (κ1) is 27.9. The molecule has 4 aromatic rings.